The normalized spacial score (nSPS) is 11.1. The largest absolute Gasteiger partial charge is 0.352 e. The van der Waals surface area contributed by atoms with Gasteiger partial charge in [-0.05, 0) is 31.5 Å². The van der Waals surface area contributed by atoms with Gasteiger partial charge in [0.15, 0.2) is 6.29 Å². The van der Waals surface area contributed by atoms with Gasteiger partial charge >= 0.3 is 0 Å². The highest BCUT2D eigenvalue weighted by Gasteiger charge is 2.06. The summed E-state index contributed by atoms with van der Waals surface area (Å²) in [6, 6.07) is 8.24. The van der Waals surface area contributed by atoms with Crippen LogP contribution in [0.25, 0.3) is 0 Å². The molecule has 0 atom stereocenters. The Morgan fingerprint density at radius 1 is 1.24 bits per heavy atom. The van der Waals surface area contributed by atoms with E-state index in [2.05, 4.69) is 33.4 Å². The third-order valence-electron chi connectivity index (χ3n) is 2.23. The summed E-state index contributed by atoms with van der Waals surface area (Å²) in [5, 5.41) is 3.33. The van der Waals surface area contributed by atoms with E-state index in [0.29, 0.717) is 19.8 Å². The summed E-state index contributed by atoms with van der Waals surface area (Å²) in [5.41, 5.74) is 1.24. The summed E-state index contributed by atoms with van der Waals surface area (Å²) in [7, 11) is 0. The van der Waals surface area contributed by atoms with Crippen LogP contribution in [-0.4, -0.2) is 26.0 Å². The molecule has 1 N–H and O–H groups in total. The number of rotatable bonds is 8. The third kappa shape index (κ3) is 6.17. The second kappa shape index (κ2) is 8.64. The van der Waals surface area contributed by atoms with Crippen molar-refractivity contribution in [2.24, 2.45) is 0 Å². The molecule has 0 amide bonds. The average molecular weight is 302 g/mol. The summed E-state index contributed by atoms with van der Waals surface area (Å²) < 4.78 is 12.0. The maximum absolute atomic E-state index is 5.45. The van der Waals surface area contributed by atoms with Crippen LogP contribution in [0.2, 0.25) is 0 Å². The van der Waals surface area contributed by atoms with Gasteiger partial charge in [-0.2, -0.15) is 0 Å². The molecule has 0 heterocycles. The zero-order valence-electron chi connectivity index (χ0n) is 10.4. The van der Waals surface area contributed by atoms with Gasteiger partial charge in [0.2, 0.25) is 0 Å². The lowest BCUT2D eigenvalue weighted by molar-refractivity contribution is -0.133. The Labute approximate surface area is 112 Å². The van der Waals surface area contributed by atoms with Gasteiger partial charge in [-0.25, -0.2) is 0 Å². The first kappa shape index (κ1) is 14.6. The Hall–Kier alpha value is -0.420. The molecule has 0 spiro atoms. The third-order valence-corrected chi connectivity index (χ3v) is 2.73. The average Bonchev–Trinajstić information content (AvgIpc) is 2.30. The monoisotopic (exact) mass is 301 g/mol. The number of benzene rings is 1. The Balaban J connectivity index is 2.30. The van der Waals surface area contributed by atoms with Crippen LogP contribution in [0.4, 0.5) is 0 Å². The standard InChI is InChI=1S/C13H20BrNO2/c1-3-16-13(17-4-2)10-15-9-11-6-5-7-12(14)8-11/h5-8,13,15H,3-4,9-10H2,1-2H3. The van der Waals surface area contributed by atoms with E-state index in [0.717, 1.165) is 11.0 Å². The second-order valence-corrected chi connectivity index (χ2v) is 4.52. The Morgan fingerprint density at radius 2 is 1.94 bits per heavy atom. The summed E-state index contributed by atoms with van der Waals surface area (Å²) >= 11 is 3.46. The fraction of sp³-hybridized carbons (Fsp3) is 0.538. The number of nitrogens with one attached hydrogen (secondary N) is 1. The first-order valence-electron chi connectivity index (χ1n) is 5.94. The summed E-state index contributed by atoms with van der Waals surface area (Å²) in [6.45, 7) is 6.80. The van der Waals surface area contributed by atoms with Gasteiger partial charge in [0.1, 0.15) is 0 Å². The molecule has 0 saturated heterocycles. The molecule has 0 aliphatic carbocycles. The molecule has 3 nitrogen and oxygen atoms in total. The van der Waals surface area contributed by atoms with E-state index < -0.39 is 0 Å². The maximum Gasteiger partial charge on any atom is 0.169 e. The van der Waals surface area contributed by atoms with E-state index in [4.69, 9.17) is 9.47 Å². The van der Waals surface area contributed by atoms with Crippen LogP contribution < -0.4 is 5.32 Å². The molecule has 0 fully saturated rings. The van der Waals surface area contributed by atoms with E-state index in [1.54, 1.807) is 0 Å². The van der Waals surface area contributed by atoms with E-state index >= 15 is 0 Å². The summed E-state index contributed by atoms with van der Waals surface area (Å²) in [4.78, 5) is 0. The lowest BCUT2D eigenvalue weighted by Gasteiger charge is -2.17. The Kier molecular flexibility index (Phi) is 7.44. The predicted octanol–water partition coefficient (Wildman–Crippen LogP) is 2.94. The van der Waals surface area contributed by atoms with Gasteiger partial charge in [-0.1, -0.05) is 28.1 Å². The van der Waals surface area contributed by atoms with E-state index in [1.807, 2.05) is 26.0 Å². The van der Waals surface area contributed by atoms with Gasteiger partial charge in [0, 0.05) is 30.8 Å². The molecular formula is C13H20BrNO2. The van der Waals surface area contributed by atoms with Crippen LogP contribution in [-0.2, 0) is 16.0 Å². The fourth-order valence-electron chi connectivity index (χ4n) is 1.52. The highest BCUT2D eigenvalue weighted by molar-refractivity contribution is 9.10. The van der Waals surface area contributed by atoms with Crippen molar-refractivity contribution in [3.63, 3.8) is 0 Å². The number of hydrogen-bond acceptors (Lipinski definition) is 3. The summed E-state index contributed by atoms with van der Waals surface area (Å²) in [5.74, 6) is 0. The minimum Gasteiger partial charge on any atom is -0.352 e. The lowest BCUT2D eigenvalue weighted by Crippen LogP contribution is -2.31. The molecule has 4 heteroatoms. The zero-order chi connectivity index (χ0) is 12.5. The van der Waals surface area contributed by atoms with Gasteiger partial charge in [-0.3, -0.25) is 0 Å². The molecule has 0 bridgehead atoms. The first-order chi connectivity index (χ1) is 8.26. The van der Waals surface area contributed by atoms with Gasteiger partial charge < -0.3 is 14.8 Å². The van der Waals surface area contributed by atoms with Gasteiger partial charge in [0.25, 0.3) is 0 Å². The number of hydrogen-bond donors (Lipinski definition) is 1. The molecule has 1 aromatic carbocycles. The summed E-state index contributed by atoms with van der Waals surface area (Å²) in [6.07, 6.45) is -0.155. The van der Waals surface area contributed by atoms with Crippen molar-refractivity contribution < 1.29 is 9.47 Å². The molecule has 0 aliphatic heterocycles. The highest BCUT2D eigenvalue weighted by atomic mass is 79.9. The molecule has 1 rings (SSSR count). The smallest absolute Gasteiger partial charge is 0.169 e. The van der Waals surface area contributed by atoms with Crippen LogP contribution in [0.3, 0.4) is 0 Å². The van der Waals surface area contributed by atoms with Crippen LogP contribution in [0.5, 0.6) is 0 Å². The van der Waals surface area contributed by atoms with Crippen LogP contribution >= 0.6 is 15.9 Å². The van der Waals surface area contributed by atoms with E-state index in [-0.39, 0.29) is 6.29 Å². The zero-order valence-corrected chi connectivity index (χ0v) is 12.0. The van der Waals surface area contributed by atoms with E-state index in [9.17, 15) is 0 Å². The SMILES string of the molecule is CCOC(CNCc1cccc(Br)c1)OCC. The lowest BCUT2D eigenvalue weighted by atomic mass is 10.2. The number of halogens is 1. The Morgan fingerprint density at radius 3 is 2.53 bits per heavy atom. The van der Waals surface area contributed by atoms with Crippen LogP contribution in [0, 0.1) is 0 Å². The molecule has 0 aliphatic rings. The fourth-order valence-corrected chi connectivity index (χ4v) is 1.97. The minimum atomic E-state index is -0.155. The highest BCUT2D eigenvalue weighted by Crippen LogP contribution is 2.11. The molecule has 17 heavy (non-hydrogen) atoms. The molecule has 1 aromatic rings. The molecule has 0 aromatic heterocycles. The van der Waals surface area contributed by atoms with Crippen molar-refractivity contribution in [3.8, 4) is 0 Å². The van der Waals surface area contributed by atoms with Gasteiger partial charge in [-0.15, -0.1) is 0 Å². The Bertz CT molecular complexity index is 314. The number of ether oxygens (including phenoxy) is 2. The van der Waals surface area contributed by atoms with Crippen molar-refractivity contribution in [1.82, 2.24) is 5.32 Å². The molecule has 0 radical (unpaired) electrons. The molecular weight excluding hydrogens is 282 g/mol. The molecule has 96 valence electrons. The predicted molar refractivity (Wildman–Crippen MR) is 72.9 cm³/mol. The molecule has 0 unspecified atom stereocenters. The first-order valence-corrected chi connectivity index (χ1v) is 6.74. The van der Waals surface area contributed by atoms with Crippen molar-refractivity contribution in [2.45, 2.75) is 26.7 Å². The van der Waals surface area contributed by atoms with Crippen molar-refractivity contribution >= 4 is 15.9 Å². The van der Waals surface area contributed by atoms with E-state index in [1.165, 1.54) is 5.56 Å². The maximum atomic E-state index is 5.45. The quantitative estimate of drug-likeness (QED) is 0.749. The topological polar surface area (TPSA) is 30.5 Å². The van der Waals surface area contributed by atoms with Crippen molar-refractivity contribution in [1.29, 1.82) is 0 Å². The second-order valence-electron chi connectivity index (χ2n) is 3.60. The van der Waals surface area contributed by atoms with Crippen molar-refractivity contribution in [3.05, 3.63) is 34.3 Å². The van der Waals surface area contributed by atoms with Crippen LogP contribution in [0.1, 0.15) is 19.4 Å². The van der Waals surface area contributed by atoms with Crippen LogP contribution in [0.15, 0.2) is 28.7 Å². The van der Waals surface area contributed by atoms with Gasteiger partial charge in [0.05, 0.1) is 0 Å². The minimum absolute atomic E-state index is 0.155. The van der Waals surface area contributed by atoms with Crippen molar-refractivity contribution in [2.75, 3.05) is 19.8 Å². The molecule has 0 saturated carbocycles.